The van der Waals surface area contributed by atoms with Gasteiger partial charge in [0.2, 0.25) is 0 Å². The quantitative estimate of drug-likeness (QED) is 0.719. The number of hydrogen-bond acceptors (Lipinski definition) is 4. The van der Waals surface area contributed by atoms with E-state index in [1.807, 2.05) is 12.1 Å². The summed E-state index contributed by atoms with van der Waals surface area (Å²) in [4.78, 5) is 3.89. The van der Waals surface area contributed by atoms with Crippen LogP contribution in [0, 0.1) is 11.3 Å². The van der Waals surface area contributed by atoms with Crippen LogP contribution in [0.5, 0.6) is 0 Å². The summed E-state index contributed by atoms with van der Waals surface area (Å²) in [6.45, 7) is 1.68. The predicted octanol–water partition coefficient (Wildman–Crippen LogP) is 1.79. The summed E-state index contributed by atoms with van der Waals surface area (Å²) in [7, 11) is 1.70. The molecule has 0 atom stereocenters. The minimum atomic E-state index is 0.442. The van der Waals surface area contributed by atoms with E-state index < -0.39 is 0 Å². The van der Waals surface area contributed by atoms with Gasteiger partial charge in [0.05, 0.1) is 0 Å². The number of nitriles is 1. The molecule has 80 valence electrons. The van der Waals surface area contributed by atoms with Crippen molar-refractivity contribution in [3.8, 4) is 6.07 Å². The molecule has 0 aliphatic carbocycles. The minimum absolute atomic E-state index is 0.442. The minimum Gasteiger partial charge on any atom is -0.385 e. The predicted molar refractivity (Wildman–Crippen MR) is 58.6 cm³/mol. The Kier molecular flexibility index (Phi) is 5.20. The fraction of sp³-hybridized carbons (Fsp3) is 0.455. The molecule has 0 saturated heterocycles. The molecule has 4 heteroatoms. The van der Waals surface area contributed by atoms with Crippen molar-refractivity contribution in [2.24, 2.45) is 0 Å². The molecule has 0 saturated carbocycles. The third kappa shape index (κ3) is 4.43. The molecule has 0 bridgehead atoms. The van der Waals surface area contributed by atoms with Crippen molar-refractivity contribution in [3.63, 3.8) is 0 Å². The molecule has 0 radical (unpaired) electrons. The van der Waals surface area contributed by atoms with Gasteiger partial charge in [0, 0.05) is 32.1 Å². The highest BCUT2D eigenvalue weighted by molar-refractivity contribution is 5.45. The van der Waals surface area contributed by atoms with Crippen molar-refractivity contribution >= 4 is 5.69 Å². The SMILES string of the molecule is COCCCCNc1ccnc(C#N)c1. The summed E-state index contributed by atoms with van der Waals surface area (Å²) in [5.41, 5.74) is 1.39. The molecule has 0 aliphatic rings. The van der Waals surface area contributed by atoms with Gasteiger partial charge in [-0.05, 0) is 25.0 Å². The van der Waals surface area contributed by atoms with Gasteiger partial charge in [0.15, 0.2) is 0 Å². The van der Waals surface area contributed by atoms with E-state index in [1.54, 1.807) is 19.4 Å². The zero-order valence-electron chi connectivity index (χ0n) is 8.86. The first-order valence-electron chi connectivity index (χ1n) is 4.96. The number of methoxy groups -OCH3 is 1. The van der Waals surface area contributed by atoms with Crippen LogP contribution >= 0.6 is 0 Å². The van der Waals surface area contributed by atoms with Crippen molar-refractivity contribution in [1.82, 2.24) is 4.98 Å². The van der Waals surface area contributed by atoms with Crippen LogP contribution < -0.4 is 5.32 Å². The maximum atomic E-state index is 8.65. The van der Waals surface area contributed by atoms with E-state index in [0.717, 1.165) is 31.7 Å². The highest BCUT2D eigenvalue weighted by atomic mass is 16.5. The molecule has 4 nitrogen and oxygen atoms in total. The number of pyridine rings is 1. The second-order valence-electron chi connectivity index (χ2n) is 3.17. The molecular formula is C11H15N3O. The Morgan fingerprint density at radius 3 is 3.13 bits per heavy atom. The van der Waals surface area contributed by atoms with Gasteiger partial charge in [-0.1, -0.05) is 0 Å². The van der Waals surface area contributed by atoms with Crippen molar-refractivity contribution in [3.05, 3.63) is 24.0 Å². The highest BCUT2D eigenvalue weighted by Crippen LogP contribution is 2.07. The smallest absolute Gasteiger partial charge is 0.142 e. The molecule has 1 rings (SSSR count). The average molecular weight is 205 g/mol. The first-order valence-corrected chi connectivity index (χ1v) is 4.96. The topological polar surface area (TPSA) is 57.9 Å². The van der Waals surface area contributed by atoms with Crippen LogP contribution in [0.15, 0.2) is 18.3 Å². The molecule has 0 fully saturated rings. The van der Waals surface area contributed by atoms with Gasteiger partial charge >= 0.3 is 0 Å². The molecule has 1 aromatic heterocycles. The van der Waals surface area contributed by atoms with E-state index in [4.69, 9.17) is 10.00 Å². The third-order valence-electron chi connectivity index (χ3n) is 1.98. The number of nitrogens with one attached hydrogen (secondary N) is 1. The maximum Gasteiger partial charge on any atom is 0.142 e. The Hall–Kier alpha value is -1.60. The van der Waals surface area contributed by atoms with E-state index in [1.165, 1.54) is 0 Å². The van der Waals surface area contributed by atoms with E-state index in [0.29, 0.717) is 5.69 Å². The van der Waals surface area contributed by atoms with Gasteiger partial charge in [-0.3, -0.25) is 0 Å². The van der Waals surface area contributed by atoms with Crippen LogP contribution in [0.2, 0.25) is 0 Å². The maximum absolute atomic E-state index is 8.65. The lowest BCUT2D eigenvalue weighted by molar-refractivity contribution is 0.194. The standard InChI is InChI=1S/C11H15N3O/c1-15-7-3-2-5-13-10-4-6-14-11(8-10)9-12/h4,6,8H,2-3,5,7H2,1H3,(H,13,14). The van der Waals surface area contributed by atoms with Crippen LogP contribution in [0.25, 0.3) is 0 Å². The lowest BCUT2D eigenvalue weighted by atomic mass is 10.3. The Balaban J connectivity index is 2.28. The van der Waals surface area contributed by atoms with Gasteiger partial charge in [-0.2, -0.15) is 5.26 Å². The van der Waals surface area contributed by atoms with Gasteiger partial charge in [0.1, 0.15) is 11.8 Å². The van der Waals surface area contributed by atoms with Gasteiger partial charge in [-0.25, -0.2) is 4.98 Å². The Labute approximate surface area is 89.9 Å². The molecule has 0 amide bonds. The van der Waals surface area contributed by atoms with E-state index >= 15 is 0 Å². The Morgan fingerprint density at radius 2 is 2.40 bits per heavy atom. The first kappa shape index (κ1) is 11.5. The fourth-order valence-electron chi connectivity index (χ4n) is 1.21. The molecule has 0 spiro atoms. The first-order chi connectivity index (χ1) is 7.36. The molecule has 15 heavy (non-hydrogen) atoms. The summed E-state index contributed by atoms with van der Waals surface area (Å²) in [6, 6.07) is 5.61. The van der Waals surface area contributed by atoms with Crippen molar-refractivity contribution < 1.29 is 4.74 Å². The highest BCUT2D eigenvalue weighted by Gasteiger charge is 1.95. The summed E-state index contributed by atoms with van der Waals surface area (Å²) in [5, 5.41) is 11.9. The Morgan fingerprint density at radius 1 is 1.53 bits per heavy atom. The lowest BCUT2D eigenvalue weighted by Crippen LogP contribution is -2.03. The largest absolute Gasteiger partial charge is 0.385 e. The van der Waals surface area contributed by atoms with Gasteiger partial charge in [0.25, 0.3) is 0 Å². The fourth-order valence-corrected chi connectivity index (χ4v) is 1.21. The number of anilines is 1. The van der Waals surface area contributed by atoms with E-state index in [-0.39, 0.29) is 0 Å². The zero-order valence-corrected chi connectivity index (χ0v) is 8.86. The van der Waals surface area contributed by atoms with Gasteiger partial charge < -0.3 is 10.1 Å². The number of rotatable bonds is 6. The molecule has 0 aliphatic heterocycles. The number of nitrogens with zero attached hydrogens (tertiary/aromatic N) is 2. The lowest BCUT2D eigenvalue weighted by Gasteiger charge is -2.05. The zero-order chi connectivity index (χ0) is 10.9. The number of ether oxygens (including phenoxy) is 1. The van der Waals surface area contributed by atoms with E-state index in [9.17, 15) is 0 Å². The van der Waals surface area contributed by atoms with Crippen LogP contribution in [0.1, 0.15) is 18.5 Å². The number of aromatic nitrogens is 1. The van der Waals surface area contributed by atoms with Crippen molar-refractivity contribution in [2.75, 3.05) is 25.6 Å². The molecule has 1 heterocycles. The van der Waals surface area contributed by atoms with Crippen molar-refractivity contribution in [1.29, 1.82) is 5.26 Å². The summed E-state index contributed by atoms with van der Waals surface area (Å²) >= 11 is 0. The second-order valence-corrected chi connectivity index (χ2v) is 3.17. The molecule has 1 N–H and O–H groups in total. The van der Waals surface area contributed by atoms with Crippen LogP contribution in [-0.2, 0) is 4.74 Å². The average Bonchev–Trinajstić information content (AvgIpc) is 2.29. The summed E-state index contributed by atoms with van der Waals surface area (Å²) in [5.74, 6) is 0. The Bertz CT molecular complexity index is 333. The summed E-state index contributed by atoms with van der Waals surface area (Å²) in [6.07, 6.45) is 3.73. The molecular weight excluding hydrogens is 190 g/mol. The number of hydrogen-bond donors (Lipinski definition) is 1. The second kappa shape index (κ2) is 6.80. The van der Waals surface area contributed by atoms with Gasteiger partial charge in [-0.15, -0.1) is 0 Å². The monoisotopic (exact) mass is 205 g/mol. The summed E-state index contributed by atoms with van der Waals surface area (Å²) < 4.78 is 4.95. The van der Waals surface area contributed by atoms with E-state index in [2.05, 4.69) is 10.3 Å². The molecule has 0 aromatic carbocycles. The van der Waals surface area contributed by atoms with Crippen molar-refractivity contribution in [2.45, 2.75) is 12.8 Å². The van der Waals surface area contributed by atoms with Crippen LogP contribution in [0.3, 0.4) is 0 Å². The number of unbranched alkanes of at least 4 members (excludes halogenated alkanes) is 1. The van der Waals surface area contributed by atoms with Crippen LogP contribution in [0.4, 0.5) is 5.69 Å². The van der Waals surface area contributed by atoms with Crippen LogP contribution in [-0.4, -0.2) is 25.2 Å². The third-order valence-corrected chi connectivity index (χ3v) is 1.98. The molecule has 1 aromatic rings. The molecule has 0 unspecified atom stereocenters. The normalized spacial score (nSPS) is 9.60.